The second-order valence-electron chi connectivity index (χ2n) is 10.1. The lowest BCUT2D eigenvalue weighted by molar-refractivity contribution is -0.147. The fourth-order valence-corrected chi connectivity index (χ4v) is 4.85. The van der Waals surface area contributed by atoms with E-state index in [2.05, 4.69) is 5.32 Å². The van der Waals surface area contributed by atoms with Crippen LogP contribution in [0.15, 0.2) is 108 Å². The molecule has 1 fully saturated rings. The zero-order valence-corrected chi connectivity index (χ0v) is 24.5. The van der Waals surface area contributed by atoms with Gasteiger partial charge in [-0.25, -0.2) is 4.79 Å². The molecule has 4 aromatic carbocycles. The highest BCUT2D eigenvalue weighted by atomic mass is 35.5. The fraction of sp³-hybridized carbons (Fsp3) is 0.212. The molecule has 5 rings (SSSR count). The summed E-state index contributed by atoms with van der Waals surface area (Å²) < 4.78 is 16.6. The number of para-hydroxylation sites is 1. The van der Waals surface area contributed by atoms with E-state index in [0.717, 1.165) is 22.1 Å². The van der Waals surface area contributed by atoms with Crippen LogP contribution in [0.2, 0.25) is 0 Å². The Labute approximate surface area is 249 Å². The van der Waals surface area contributed by atoms with Crippen molar-refractivity contribution in [1.29, 1.82) is 0 Å². The molecule has 212 valence electrons. The summed E-state index contributed by atoms with van der Waals surface area (Å²) in [5.41, 5.74) is 0.678. The second-order valence-corrected chi connectivity index (χ2v) is 11.1. The number of allylic oxidation sites excluding steroid dienone is 1. The highest BCUT2D eigenvalue weighted by Gasteiger charge is 2.61. The molecule has 6 nitrogen and oxygen atoms in total. The van der Waals surface area contributed by atoms with Gasteiger partial charge in [0.1, 0.15) is 28.3 Å². The monoisotopic (exact) mass is 591 g/mol. The maximum absolute atomic E-state index is 12.4. The number of amides is 1. The summed E-state index contributed by atoms with van der Waals surface area (Å²) in [6.07, 6.45) is 1.26. The van der Waals surface area contributed by atoms with Crippen molar-refractivity contribution in [2.45, 2.75) is 20.5 Å². The quantitative estimate of drug-likeness (QED) is 0.218. The van der Waals surface area contributed by atoms with Gasteiger partial charge in [-0.3, -0.25) is 4.79 Å². The van der Waals surface area contributed by atoms with E-state index in [-0.39, 0.29) is 34.3 Å². The van der Waals surface area contributed by atoms with Crippen LogP contribution in [0.25, 0.3) is 10.8 Å². The molecule has 0 bridgehead atoms. The minimum absolute atomic E-state index is 0.00717. The van der Waals surface area contributed by atoms with Gasteiger partial charge in [0.05, 0.1) is 5.92 Å². The Kier molecular flexibility index (Phi) is 9.92. The van der Waals surface area contributed by atoms with Gasteiger partial charge in [-0.05, 0) is 58.7 Å². The maximum Gasteiger partial charge on any atom is 0.412 e. The van der Waals surface area contributed by atoms with Crippen LogP contribution in [0.3, 0.4) is 0 Å². The lowest BCUT2D eigenvalue weighted by atomic mass is 10.1. The summed E-state index contributed by atoms with van der Waals surface area (Å²) in [7, 11) is 1.54. The normalized spacial score (nSPS) is 16.4. The molecule has 0 aliphatic heterocycles. The van der Waals surface area contributed by atoms with Crippen molar-refractivity contribution < 1.29 is 23.8 Å². The number of carbonyl (C=O) groups is 2. The minimum atomic E-state index is -0.452. The molecule has 0 spiro atoms. The number of fused-ring (bicyclic) bond motifs is 1. The lowest BCUT2D eigenvalue weighted by Gasteiger charge is -2.09. The zero-order chi connectivity index (χ0) is 29.4. The third-order valence-corrected chi connectivity index (χ3v) is 7.14. The van der Waals surface area contributed by atoms with E-state index >= 15 is 0 Å². The van der Waals surface area contributed by atoms with Crippen LogP contribution in [0.4, 0.5) is 4.79 Å². The van der Waals surface area contributed by atoms with Crippen molar-refractivity contribution in [3.63, 3.8) is 0 Å². The number of rotatable bonds is 7. The van der Waals surface area contributed by atoms with Gasteiger partial charge in [0.25, 0.3) is 0 Å². The number of hydrogen-bond donors (Lipinski definition) is 1. The fourth-order valence-electron chi connectivity index (χ4n) is 4.58. The van der Waals surface area contributed by atoms with Gasteiger partial charge in [-0.1, -0.05) is 104 Å². The molecule has 0 aromatic heterocycles. The topological polar surface area (TPSA) is 73.9 Å². The molecule has 1 saturated carbocycles. The van der Waals surface area contributed by atoms with E-state index in [1.165, 1.54) is 7.05 Å². The van der Waals surface area contributed by atoms with Gasteiger partial charge >= 0.3 is 12.1 Å². The first-order chi connectivity index (χ1) is 19.7. The molecule has 0 radical (unpaired) electrons. The molecule has 8 heteroatoms. The smallest absolute Gasteiger partial charge is 0.412 e. The third kappa shape index (κ3) is 8.03. The molecular formula is C33H31Cl2NO5. The minimum Gasteiger partial charge on any atom is -0.461 e. The first-order valence-corrected chi connectivity index (χ1v) is 13.8. The van der Waals surface area contributed by atoms with E-state index in [1.807, 2.05) is 105 Å². The summed E-state index contributed by atoms with van der Waals surface area (Å²) in [4.78, 5) is 23.5. The van der Waals surface area contributed by atoms with Gasteiger partial charge in [-0.2, -0.15) is 0 Å². The summed E-state index contributed by atoms with van der Waals surface area (Å²) in [6, 6.07) is 30.4. The van der Waals surface area contributed by atoms with E-state index in [1.54, 1.807) is 12.1 Å². The SMILES string of the molecule is CC1(C)C(C=C(Cl)Cl)C1C(=O)OCc1cccc(Oc2ccccc2)c1.CNC(=O)Oc1cccc2ccccc12. The molecule has 2 atom stereocenters. The Balaban J connectivity index is 0.000000218. The van der Waals surface area contributed by atoms with Crippen LogP contribution in [0.1, 0.15) is 19.4 Å². The Morgan fingerprint density at radius 2 is 1.54 bits per heavy atom. The molecular weight excluding hydrogens is 561 g/mol. The van der Waals surface area contributed by atoms with Crippen LogP contribution in [-0.4, -0.2) is 19.1 Å². The van der Waals surface area contributed by atoms with Crippen molar-refractivity contribution in [2.24, 2.45) is 17.3 Å². The molecule has 1 N–H and O–H groups in total. The third-order valence-electron chi connectivity index (χ3n) is 6.89. The average Bonchev–Trinajstić information content (AvgIpc) is 3.51. The van der Waals surface area contributed by atoms with Crippen molar-refractivity contribution in [2.75, 3.05) is 7.05 Å². The maximum atomic E-state index is 12.4. The van der Waals surface area contributed by atoms with E-state index in [9.17, 15) is 9.59 Å². The predicted octanol–water partition coefficient (Wildman–Crippen LogP) is 8.67. The molecule has 1 aliphatic rings. The highest BCUT2D eigenvalue weighted by Crippen LogP contribution is 2.60. The molecule has 41 heavy (non-hydrogen) atoms. The number of hydrogen-bond acceptors (Lipinski definition) is 5. The van der Waals surface area contributed by atoms with Gasteiger partial charge in [0.2, 0.25) is 0 Å². The highest BCUT2D eigenvalue weighted by molar-refractivity contribution is 6.55. The Bertz CT molecular complexity index is 1530. The first kappa shape index (κ1) is 30.0. The summed E-state index contributed by atoms with van der Waals surface area (Å²) >= 11 is 11.5. The first-order valence-electron chi connectivity index (χ1n) is 13.1. The molecule has 1 aliphatic carbocycles. The van der Waals surface area contributed by atoms with Gasteiger partial charge < -0.3 is 19.5 Å². The van der Waals surface area contributed by atoms with Gasteiger partial charge in [-0.15, -0.1) is 0 Å². The van der Waals surface area contributed by atoms with E-state index in [4.69, 9.17) is 37.4 Å². The Hall–Kier alpha value is -4.00. The van der Waals surface area contributed by atoms with Crippen molar-refractivity contribution in [1.82, 2.24) is 5.32 Å². The van der Waals surface area contributed by atoms with Crippen LogP contribution in [0.5, 0.6) is 17.2 Å². The standard InChI is InChI=1S/C21H20Cl2O3.C12H11NO2/c1-21(2)17(12-18(22)23)19(21)20(24)25-13-14-7-6-10-16(11-14)26-15-8-4-3-5-9-15;1-13-12(14)15-11-8-4-6-9-5-2-3-7-10(9)11/h3-12,17,19H,13H2,1-2H3;2-8H,1H3,(H,13,14). The van der Waals surface area contributed by atoms with Crippen molar-refractivity contribution in [3.05, 3.63) is 113 Å². The molecule has 0 saturated heterocycles. The summed E-state index contributed by atoms with van der Waals surface area (Å²) in [6.45, 7) is 4.21. The Morgan fingerprint density at radius 3 is 2.27 bits per heavy atom. The number of esters is 1. The van der Waals surface area contributed by atoms with E-state index < -0.39 is 6.09 Å². The summed E-state index contributed by atoms with van der Waals surface area (Å²) in [5, 5.41) is 4.41. The van der Waals surface area contributed by atoms with Crippen LogP contribution >= 0.6 is 23.2 Å². The molecule has 2 unspecified atom stereocenters. The number of nitrogens with one attached hydrogen (secondary N) is 1. The van der Waals surface area contributed by atoms with Crippen molar-refractivity contribution in [3.8, 4) is 17.2 Å². The van der Waals surface area contributed by atoms with Crippen LogP contribution < -0.4 is 14.8 Å². The number of ether oxygens (including phenoxy) is 3. The molecule has 1 amide bonds. The zero-order valence-electron chi connectivity index (χ0n) is 23.0. The largest absolute Gasteiger partial charge is 0.461 e. The van der Waals surface area contributed by atoms with E-state index in [0.29, 0.717) is 11.5 Å². The number of halogens is 2. The average molecular weight is 593 g/mol. The number of carbonyl (C=O) groups excluding carboxylic acids is 2. The van der Waals surface area contributed by atoms with Gasteiger partial charge in [0.15, 0.2) is 0 Å². The second kappa shape index (κ2) is 13.6. The predicted molar refractivity (Wildman–Crippen MR) is 162 cm³/mol. The molecule has 4 aromatic rings. The van der Waals surface area contributed by atoms with Crippen molar-refractivity contribution >= 4 is 46.0 Å². The summed E-state index contributed by atoms with van der Waals surface area (Å²) in [5.74, 6) is 1.58. The van der Waals surface area contributed by atoms with Crippen LogP contribution in [0, 0.1) is 17.3 Å². The Morgan fingerprint density at radius 1 is 0.878 bits per heavy atom. The lowest BCUT2D eigenvalue weighted by Crippen LogP contribution is -2.22. The molecule has 0 heterocycles. The van der Waals surface area contributed by atoms with Gasteiger partial charge in [0, 0.05) is 12.4 Å². The van der Waals surface area contributed by atoms with Crippen LogP contribution in [-0.2, 0) is 16.1 Å². The number of benzene rings is 4.